The lowest BCUT2D eigenvalue weighted by molar-refractivity contribution is -0.0366. The van der Waals surface area contributed by atoms with E-state index >= 15 is 0 Å². The average molecular weight is 389 g/mol. The summed E-state index contributed by atoms with van der Waals surface area (Å²) in [5.74, 6) is 1.30. The molecule has 2 heterocycles. The second kappa shape index (κ2) is 7.79. The van der Waals surface area contributed by atoms with Crippen LogP contribution < -0.4 is 4.74 Å². The predicted octanol–water partition coefficient (Wildman–Crippen LogP) is 3.55. The first-order valence-corrected chi connectivity index (χ1v) is 9.44. The van der Waals surface area contributed by atoms with Gasteiger partial charge in [0, 0.05) is 6.54 Å². The molecule has 0 bridgehead atoms. The molecular formula is C20H27N3O5. The van der Waals surface area contributed by atoms with Gasteiger partial charge in [-0.05, 0) is 42.4 Å². The number of hydrogen-bond acceptors (Lipinski definition) is 6. The fraction of sp³-hybridized carbons (Fsp3) is 0.550. The zero-order chi connectivity index (χ0) is 20.4. The molecule has 2 aromatic rings. The minimum atomic E-state index is -0.971. The zero-order valence-electron chi connectivity index (χ0n) is 16.5. The van der Waals surface area contributed by atoms with Gasteiger partial charge in [-0.15, -0.1) is 0 Å². The lowest BCUT2D eigenvalue weighted by atomic mass is 9.67. The number of piperidine rings is 1. The van der Waals surface area contributed by atoms with Gasteiger partial charge in [-0.3, -0.25) is 4.90 Å². The van der Waals surface area contributed by atoms with Gasteiger partial charge in [0.25, 0.3) is 5.89 Å². The number of ether oxygens (including phenoxy) is 1. The van der Waals surface area contributed by atoms with Crippen molar-refractivity contribution in [2.75, 3.05) is 6.54 Å². The summed E-state index contributed by atoms with van der Waals surface area (Å²) in [6, 6.07) is 7.06. The van der Waals surface area contributed by atoms with Gasteiger partial charge >= 0.3 is 6.09 Å². The Balaban J connectivity index is 1.83. The van der Waals surface area contributed by atoms with E-state index in [9.17, 15) is 9.90 Å². The standard InChI is InChI=1S/C20H27N3O5/c1-19(2,3)20(10-4-5-11-23(20)18(25)26)17-21-16(28-22-17)13-27-15-8-6-14(12-24)7-9-15/h6-9,24H,4-5,10-13H2,1-3H3,(H,25,26)/t20-/m1/s1. The van der Waals surface area contributed by atoms with E-state index in [4.69, 9.17) is 14.4 Å². The van der Waals surface area contributed by atoms with Crippen LogP contribution in [0.25, 0.3) is 0 Å². The van der Waals surface area contributed by atoms with Crippen molar-refractivity contribution in [1.29, 1.82) is 0 Å². The fourth-order valence-electron chi connectivity index (χ4n) is 3.90. The Morgan fingerprint density at radius 2 is 2.00 bits per heavy atom. The Labute approximate surface area is 164 Å². The summed E-state index contributed by atoms with van der Waals surface area (Å²) in [6.45, 7) is 6.52. The smallest absolute Gasteiger partial charge is 0.408 e. The number of aromatic nitrogens is 2. The molecule has 152 valence electrons. The van der Waals surface area contributed by atoms with Crippen molar-refractivity contribution < 1.29 is 24.3 Å². The highest BCUT2D eigenvalue weighted by molar-refractivity contribution is 5.67. The Kier molecular flexibility index (Phi) is 5.60. The highest BCUT2D eigenvalue weighted by Crippen LogP contribution is 2.49. The summed E-state index contributed by atoms with van der Waals surface area (Å²) in [5, 5.41) is 23.0. The normalized spacial score (nSPS) is 20.2. The highest BCUT2D eigenvalue weighted by atomic mass is 16.5. The van der Waals surface area contributed by atoms with Gasteiger partial charge < -0.3 is 19.5 Å². The highest BCUT2D eigenvalue weighted by Gasteiger charge is 2.54. The third-order valence-electron chi connectivity index (χ3n) is 5.41. The maximum Gasteiger partial charge on any atom is 0.408 e. The van der Waals surface area contributed by atoms with Crippen LogP contribution >= 0.6 is 0 Å². The SMILES string of the molecule is CC(C)(C)[C@]1(c2noc(COc3ccc(CO)cc3)n2)CCCCN1C(=O)O. The summed E-state index contributed by atoms with van der Waals surface area (Å²) in [6.07, 6.45) is 1.40. The molecule has 28 heavy (non-hydrogen) atoms. The summed E-state index contributed by atoms with van der Waals surface area (Å²) in [5.41, 5.74) is -0.458. The lowest BCUT2D eigenvalue weighted by Gasteiger charge is -2.51. The molecule has 8 heteroatoms. The van der Waals surface area contributed by atoms with Crippen molar-refractivity contribution in [2.24, 2.45) is 5.41 Å². The molecule has 1 fully saturated rings. The van der Waals surface area contributed by atoms with Crippen LogP contribution in [0.3, 0.4) is 0 Å². The van der Waals surface area contributed by atoms with E-state index in [1.54, 1.807) is 24.3 Å². The van der Waals surface area contributed by atoms with Crippen LogP contribution in [0.4, 0.5) is 4.79 Å². The molecule has 1 aliphatic rings. The molecule has 0 radical (unpaired) electrons. The molecule has 1 aromatic carbocycles. The molecular weight excluding hydrogens is 362 g/mol. The largest absolute Gasteiger partial charge is 0.484 e. The Morgan fingerprint density at radius 3 is 2.61 bits per heavy atom. The molecule has 0 unspecified atom stereocenters. The van der Waals surface area contributed by atoms with Gasteiger partial charge in [0.05, 0.1) is 6.61 Å². The molecule has 2 N–H and O–H groups in total. The van der Waals surface area contributed by atoms with E-state index in [2.05, 4.69) is 10.1 Å². The zero-order valence-corrected chi connectivity index (χ0v) is 16.5. The monoisotopic (exact) mass is 389 g/mol. The number of amides is 1. The van der Waals surface area contributed by atoms with Gasteiger partial charge in [-0.25, -0.2) is 4.79 Å². The van der Waals surface area contributed by atoms with Crippen LogP contribution in [0.2, 0.25) is 0 Å². The first-order chi connectivity index (χ1) is 13.3. The quantitative estimate of drug-likeness (QED) is 0.805. The van der Waals surface area contributed by atoms with E-state index in [1.165, 1.54) is 4.90 Å². The minimum Gasteiger partial charge on any atom is -0.484 e. The number of rotatable bonds is 5. The van der Waals surface area contributed by atoms with Gasteiger partial charge in [-0.2, -0.15) is 4.98 Å². The third-order valence-corrected chi connectivity index (χ3v) is 5.41. The number of likely N-dealkylation sites (tertiary alicyclic amines) is 1. The van der Waals surface area contributed by atoms with E-state index in [0.29, 0.717) is 30.4 Å². The van der Waals surface area contributed by atoms with Crippen LogP contribution in [0.5, 0.6) is 5.75 Å². The van der Waals surface area contributed by atoms with Crippen molar-refractivity contribution in [3.05, 3.63) is 41.5 Å². The molecule has 1 aromatic heterocycles. The third kappa shape index (κ3) is 3.69. The van der Waals surface area contributed by atoms with Crippen molar-refractivity contribution >= 4 is 6.09 Å². The number of aliphatic hydroxyl groups is 1. The number of aliphatic hydroxyl groups excluding tert-OH is 1. The summed E-state index contributed by atoms with van der Waals surface area (Å²) < 4.78 is 11.1. The molecule has 1 amide bonds. The first-order valence-electron chi connectivity index (χ1n) is 9.44. The van der Waals surface area contributed by atoms with Crippen LogP contribution in [0.1, 0.15) is 57.3 Å². The van der Waals surface area contributed by atoms with Crippen molar-refractivity contribution in [1.82, 2.24) is 15.0 Å². The molecule has 1 saturated heterocycles. The molecule has 0 spiro atoms. The van der Waals surface area contributed by atoms with Gasteiger partial charge in [0.15, 0.2) is 12.4 Å². The fourth-order valence-corrected chi connectivity index (χ4v) is 3.90. The first kappa shape index (κ1) is 20.1. The summed E-state index contributed by atoms with van der Waals surface area (Å²) in [7, 11) is 0. The van der Waals surface area contributed by atoms with Crippen LogP contribution in [0, 0.1) is 5.41 Å². The number of hydrogen-bond donors (Lipinski definition) is 2. The second-order valence-corrected chi connectivity index (χ2v) is 8.10. The molecule has 1 atom stereocenters. The maximum absolute atomic E-state index is 12.0. The van der Waals surface area contributed by atoms with Crippen LogP contribution in [-0.2, 0) is 18.8 Å². The molecule has 0 saturated carbocycles. The summed E-state index contributed by atoms with van der Waals surface area (Å²) >= 11 is 0. The van der Waals surface area contributed by atoms with E-state index in [-0.39, 0.29) is 13.2 Å². The van der Waals surface area contributed by atoms with Crippen molar-refractivity contribution in [3.8, 4) is 5.75 Å². The van der Waals surface area contributed by atoms with E-state index < -0.39 is 17.0 Å². The number of nitrogens with zero attached hydrogens (tertiary/aromatic N) is 3. The topological polar surface area (TPSA) is 109 Å². The van der Waals surface area contributed by atoms with E-state index in [0.717, 1.165) is 18.4 Å². The maximum atomic E-state index is 12.0. The molecule has 3 rings (SSSR count). The molecule has 8 nitrogen and oxygen atoms in total. The second-order valence-electron chi connectivity index (χ2n) is 8.10. The number of benzene rings is 1. The van der Waals surface area contributed by atoms with Crippen molar-refractivity contribution in [2.45, 2.75) is 58.8 Å². The van der Waals surface area contributed by atoms with Crippen molar-refractivity contribution in [3.63, 3.8) is 0 Å². The van der Waals surface area contributed by atoms with Gasteiger partial charge in [0.1, 0.15) is 11.3 Å². The van der Waals surface area contributed by atoms with Crippen LogP contribution in [-0.4, -0.2) is 37.9 Å². The summed E-state index contributed by atoms with van der Waals surface area (Å²) in [4.78, 5) is 17.9. The molecule has 0 aliphatic carbocycles. The van der Waals surface area contributed by atoms with Crippen LogP contribution in [0.15, 0.2) is 28.8 Å². The van der Waals surface area contributed by atoms with E-state index in [1.807, 2.05) is 20.8 Å². The lowest BCUT2D eigenvalue weighted by Crippen LogP contribution is -2.59. The number of carboxylic acid groups (broad SMARTS) is 1. The molecule has 1 aliphatic heterocycles. The Bertz CT molecular complexity index is 812. The predicted molar refractivity (Wildman–Crippen MR) is 101 cm³/mol. The number of carbonyl (C=O) groups is 1. The Hall–Kier alpha value is -2.61. The van der Waals surface area contributed by atoms with Gasteiger partial charge in [-0.1, -0.05) is 38.1 Å². The Morgan fingerprint density at radius 1 is 1.29 bits per heavy atom. The minimum absolute atomic E-state index is 0.0255. The van der Waals surface area contributed by atoms with Gasteiger partial charge in [0.2, 0.25) is 0 Å². The average Bonchev–Trinajstić information content (AvgIpc) is 3.15.